The minimum Gasteiger partial charge on any atom is -0.206 e. The number of hydrogen-bond acceptors (Lipinski definition) is 0. The molecular weight excluding hydrogens is 415 g/mol. The van der Waals surface area contributed by atoms with Gasteiger partial charge in [0, 0.05) is 10.7 Å². The summed E-state index contributed by atoms with van der Waals surface area (Å²) in [5.41, 5.74) is 1.13. The molecule has 96 valence electrons. The molecule has 0 bridgehead atoms. The summed E-state index contributed by atoms with van der Waals surface area (Å²) in [6.07, 6.45) is 0.847. The van der Waals surface area contributed by atoms with Crippen LogP contribution in [0.25, 0.3) is 0 Å². The van der Waals surface area contributed by atoms with Gasteiger partial charge in [0.1, 0.15) is 5.82 Å². The number of rotatable bonds is 5. The molecule has 0 saturated carbocycles. The van der Waals surface area contributed by atoms with E-state index in [1.165, 1.54) is 6.07 Å². The Morgan fingerprint density at radius 2 is 1.82 bits per heavy atom. The molecule has 4 heteroatoms. The van der Waals surface area contributed by atoms with Gasteiger partial charge in [-0.25, -0.2) is 4.39 Å². The second-order valence-electron chi connectivity index (χ2n) is 4.67. The Labute approximate surface area is 128 Å². The van der Waals surface area contributed by atoms with Crippen LogP contribution in [0.4, 0.5) is 4.39 Å². The van der Waals surface area contributed by atoms with E-state index in [2.05, 4.69) is 61.6 Å². The first-order chi connectivity index (χ1) is 7.96. The van der Waals surface area contributed by atoms with Crippen molar-refractivity contribution in [1.29, 1.82) is 0 Å². The lowest BCUT2D eigenvalue weighted by molar-refractivity contribution is 0.267. The summed E-state index contributed by atoms with van der Waals surface area (Å²) in [6.45, 7) is 4.41. The van der Waals surface area contributed by atoms with Gasteiger partial charge in [-0.2, -0.15) is 0 Å². The predicted octanol–water partition coefficient (Wildman–Crippen LogP) is 5.56. The highest BCUT2D eigenvalue weighted by Crippen LogP contribution is 2.37. The van der Waals surface area contributed by atoms with E-state index in [4.69, 9.17) is 0 Å². The van der Waals surface area contributed by atoms with Crippen LogP contribution in [-0.2, 0) is 6.42 Å². The van der Waals surface area contributed by atoms with Gasteiger partial charge in [-0.05, 0) is 45.3 Å². The maximum Gasteiger partial charge on any atom is 0.137 e. The molecule has 0 saturated heterocycles. The molecule has 0 heterocycles. The summed E-state index contributed by atoms with van der Waals surface area (Å²) >= 11 is 10.5. The monoisotopic (exact) mass is 428 g/mol. The van der Waals surface area contributed by atoms with E-state index >= 15 is 0 Å². The van der Waals surface area contributed by atoms with Crippen molar-refractivity contribution in [2.24, 2.45) is 11.3 Å². The number of alkyl halides is 2. The smallest absolute Gasteiger partial charge is 0.137 e. The van der Waals surface area contributed by atoms with Gasteiger partial charge < -0.3 is 0 Å². The fourth-order valence-corrected chi connectivity index (χ4v) is 4.73. The van der Waals surface area contributed by atoms with Crippen molar-refractivity contribution in [2.45, 2.75) is 20.3 Å². The summed E-state index contributed by atoms with van der Waals surface area (Å²) in [7, 11) is 0. The summed E-state index contributed by atoms with van der Waals surface area (Å²) in [5.74, 6) is 0.320. The average Bonchev–Trinajstić information content (AvgIpc) is 2.31. The van der Waals surface area contributed by atoms with E-state index < -0.39 is 0 Å². The van der Waals surface area contributed by atoms with Gasteiger partial charge in [0.05, 0.1) is 4.47 Å². The summed E-state index contributed by atoms with van der Waals surface area (Å²) in [5, 5.41) is 1.79. The van der Waals surface area contributed by atoms with Crippen molar-refractivity contribution < 1.29 is 4.39 Å². The van der Waals surface area contributed by atoms with Gasteiger partial charge in [0.25, 0.3) is 0 Å². The molecule has 0 N–H and O–H groups in total. The lowest BCUT2D eigenvalue weighted by Crippen LogP contribution is -2.33. The highest BCUT2D eigenvalue weighted by Gasteiger charge is 2.32. The van der Waals surface area contributed by atoms with Gasteiger partial charge >= 0.3 is 0 Å². The van der Waals surface area contributed by atoms with Gasteiger partial charge in [-0.3, -0.25) is 0 Å². The van der Waals surface area contributed by atoms with Crippen LogP contribution in [-0.4, -0.2) is 10.7 Å². The molecule has 0 radical (unpaired) electrons. The van der Waals surface area contributed by atoms with Crippen molar-refractivity contribution in [3.8, 4) is 0 Å². The Kier molecular flexibility index (Phi) is 6.14. The third-order valence-corrected chi connectivity index (χ3v) is 6.45. The van der Waals surface area contributed by atoms with Crippen molar-refractivity contribution >= 4 is 47.8 Å². The summed E-state index contributed by atoms with van der Waals surface area (Å²) in [6, 6.07) is 5.23. The number of halogens is 4. The molecule has 17 heavy (non-hydrogen) atoms. The minimum atomic E-state index is -0.190. The molecule has 0 aliphatic rings. The average molecular weight is 431 g/mol. The number of benzene rings is 1. The second kappa shape index (κ2) is 6.67. The Bertz CT molecular complexity index is 373. The SMILES string of the molecule is CC(C)C(CBr)(CBr)Cc1cccc(F)c1Br. The zero-order valence-corrected chi connectivity index (χ0v) is 14.7. The first-order valence-corrected chi connectivity index (χ1v) is 8.55. The van der Waals surface area contributed by atoms with Gasteiger partial charge in [-0.1, -0.05) is 57.8 Å². The van der Waals surface area contributed by atoms with E-state index in [0.717, 1.165) is 22.6 Å². The van der Waals surface area contributed by atoms with Gasteiger partial charge in [-0.15, -0.1) is 0 Å². The lowest BCUT2D eigenvalue weighted by Gasteiger charge is -2.35. The molecule has 0 amide bonds. The van der Waals surface area contributed by atoms with Gasteiger partial charge in [0.2, 0.25) is 0 Å². The van der Waals surface area contributed by atoms with Crippen LogP contribution in [0.15, 0.2) is 22.7 Å². The van der Waals surface area contributed by atoms with E-state index in [1.807, 2.05) is 6.07 Å². The molecule has 1 aromatic rings. The molecule has 0 aromatic heterocycles. The van der Waals surface area contributed by atoms with Crippen molar-refractivity contribution in [3.05, 3.63) is 34.1 Å². The Hall–Kier alpha value is 0.590. The standard InChI is InChI=1S/C13H16Br3F/c1-9(2)13(7-14,8-15)6-10-4-3-5-11(17)12(10)16/h3-5,9H,6-8H2,1-2H3. The molecule has 1 aromatic carbocycles. The van der Waals surface area contributed by atoms with Crippen LogP contribution in [0.1, 0.15) is 19.4 Å². The highest BCUT2D eigenvalue weighted by atomic mass is 79.9. The third kappa shape index (κ3) is 3.54. The minimum absolute atomic E-state index is 0.107. The molecule has 1 rings (SSSR count). The summed E-state index contributed by atoms with van der Waals surface area (Å²) < 4.78 is 14.1. The summed E-state index contributed by atoms with van der Waals surface area (Å²) in [4.78, 5) is 0. The van der Waals surface area contributed by atoms with E-state index in [-0.39, 0.29) is 11.2 Å². The zero-order chi connectivity index (χ0) is 13.1. The number of hydrogen-bond donors (Lipinski definition) is 0. The zero-order valence-electron chi connectivity index (χ0n) is 9.94. The molecule has 0 nitrogen and oxygen atoms in total. The lowest BCUT2D eigenvalue weighted by atomic mass is 9.76. The van der Waals surface area contributed by atoms with Crippen molar-refractivity contribution in [2.75, 3.05) is 10.7 Å². The third-order valence-electron chi connectivity index (χ3n) is 3.33. The Balaban J connectivity index is 3.06. The molecule has 0 aliphatic carbocycles. The first-order valence-electron chi connectivity index (χ1n) is 5.51. The predicted molar refractivity (Wildman–Crippen MR) is 82.7 cm³/mol. The fourth-order valence-electron chi connectivity index (χ4n) is 1.71. The van der Waals surface area contributed by atoms with Crippen LogP contribution >= 0.6 is 47.8 Å². The molecule has 0 atom stereocenters. The quantitative estimate of drug-likeness (QED) is 0.536. The molecule has 0 spiro atoms. The maximum absolute atomic E-state index is 13.5. The Morgan fingerprint density at radius 3 is 2.29 bits per heavy atom. The highest BCUT2D eigenvalue weighted by molar-refractivity contribution is 9.10. The molecule has 0 fully saturated rings. The largest absolute Gasteiger partial charge is 0.206 e. The van der Waals surface area contributed by atoms with E-state index in [1.54, 1.807) is 6.07 Å². The Morgan fingerprint density at radius 1 is 1.24 bits per heavy atom. The molecular formula is C13H16Br3F. The van der Waals surface area contributed by atoms with Crippen LogP contribution in [0.2, 0.25) is 0 Å². The maximum atomic E-state index is 13.5. The van der Waals surface area contributed by atoms with E-state index in [0.29, 0.717) is 10.4 Å². The van der Waals surface area contributed by atoms with Crippen molar-refractivity contribution in [3.63, 3.8) is 0 Å². The molecule has 0 aliphatic heterocycles. The second-order valence-corrected chi connectivity index (χ2v) is 6.59. The van der Waals surface area contributed by atoms with Crippen LogP contribution in [0.5, 0.6) is 0 Å². The topological polar surface area (TPSA) is 0 Å². The van der Waals surface area contributed by atoms with Crippen molar-refractivity contribution in [1.82, 2.24) is 0 Å². The molecule has 0 unspecified atom stereocenters. The van der Waals surface area contributed by atoms with Gasteiger partial charge in [0.15, 0.2) is 0 Å². The fraction of sp³-hybridized carbons (Fsp3) is 0.538. The van der Waals surface area contributed by atoms with Crippen LogP contribution in [0, 0.1) is 17.2 Å². The normalized spacial score (nSPS) is 12.2. The first kappa shape index (κ1) is 15.6. The van der Waals surface area contributed by atoms with Crippen LogP contribution < -0.4 is 0 Å². The van der Waals surface area contributed by atoms with E-state index in [9.17, 15) is 4.39 Å². The van der Waals surface area contributed by atoms with Crippen LogP contribution in [0.3, 0.4) is 0 Å².